The van der Waals surface area contributed by atoms with Crippen LogP contribution in [0.5, 0.6) is 0 Å². The largest absolute Gasteiger partial charge is 0.334 e. The first-order chi connectivity index (χ1) is 20.2. The van der Waals surface area contributed by atoms with Crippen LogP contribution < -0.4 is 0 Å². The van der Waals surface area contributed by atoms with Gasteiger partial charge in [-0.25, -0.2) is 0 Å². The molecule has 2 amide bonds. The fourth-order valence-corrected chi connectivity index (χ4v) is 8.61. The second-order valence-corrected chi connectivity index (χ2v) is 14.0. The third-order valence-corrected chi connectivity index (χ3v) is 10.7. The van der Waals surface area contributed by atoms with Crippen LogP contribution in [0.2, 0.25) is 8.67 Å². The number of amides is 2. The summed E-state index contributed by atoms with van der Waals surface area (Å²) in [6.07, 6.45) is 2.77. The number of hydrogen-bond donors (Lipinski definition) is 0. The predicted molar refractivity (Wildman–Crippen MR) is 176 cm³/mol. The average Bonchev–Trinajstić information content (AvgIpc) is 3.56. The number of rotatable bonds is 4. The molecule has 2 aliphatic heterocycles. The zero-order valence-corrected chi connectivity index (χ0v) is 26.8. The second-order valence-electron chi connectivity index (χ2n) is 10.5. The van der Waals surface area contributed by atoms with Gasteiger partial charge in [-0.2, -0.15) is 0 Å². The first kappa shape index (κ1) is 30.3. The molecular formula is C34H32Cl2N2O2S2. The zero-order chi connectivity index (χ0) is 30.0. The molecule has 0 radical (unpaired) electrons. The fourth-order valence-electron chi connectivity index (χ4n) is 5.83. The maximum Gasteiger partial charge on any atom is 0.246 e. The molecule has 0 spiro atoms. The third kappa shape index (κ3) is 6.28. The summed E-state index contributed by atoms with van der Waals surface area (Å²) in [4.78, 5) is 30.3. The van der Waals surface area contributed by atoms with Crippen molar-refractivity contribution in [2.75, 3.05) is 13.1 Å². The standard InChI is InChI=1S/2C17H16ClNOS/c2*1-3-16(20)19-9-12-8-15(18)21-17(12)14(10-19)13-7-5-4-6-11(13)2/h2*3-8,14H,1,9-10H2,2H3/t2*14-/m10/s1. The molecule has 42 heavy (non-hydrogen) atoms. The molecule has 4 heterocycles. The van der Waals surface area contributed by atoms with Gasteiger partial charge in [-0.1, -0.05) is 84.9 Å². The van der Waals surface area contributed by atoms with Crippen molar-refractivity contribution in [2.45, 2.75) is 38.8 Å². The monoisotopic (exact) mass is 634 g/mol. The Morgan fingerprint density at radius 2 is 1.12 bits per heavy atom. The van der Waals surface area contributed by atoms with Gasteiger partial charge in [-0.3, -0.25) is 9.59 Å². The quantitative estimate of drug-likeness (QED) is 0.211. The van der Waals surface area contributed by atoms with Crippen molar-refractivity contribution in [1.29, 1.82) is 0 Å². The molecular weight excluding hydrogens is 603 g/mol. The number of benzene rings is 2. The number of carbonyl (C=O) groups is 2. The minimum absolute atomic E-state index is 0.0263. The second kappa shape index (κ2) is 13.0. The summed E-state index contributed by atoms with van der Waals surface area (Å²) in [5.74, 6) is 0.329. The number of fused-ring (bicyclic) bond motifs is 2. The van der Waals surface area contributed by atoms with Crippen molar-refractivity contribution >= 4 is 57.7 Å². The van der Waals surface area contributed by atoms with Gasteiger partial charge >= 0.3 is 0 Å². The first-order valence-corrected chi connectivity index (χ1v) is 16.1. The van der Waals surface area contributed by atoms with Crippen LogP contribution in [0.1, 0.15) is 55.0 Å². The molecule has 216 valence electrons. The van der Waals surface area contributed by atoms with Gasteiger partial charge in [0.25, 0.3) is 0 Å². The Morgan fingerprint density at radius 1 is 0.738 bits per heavy atom. The smallest absolute Gasteiger partial charge is 0.246 e. The van der Waals surface area contributed by atoms with E-state index in [0.29, 0.717) is 26.2 Å². The highest BCUT2D eigenvalue weighted by Crippen LogP contribution is 2.43. The lowest BCUT2D eigenvalue weighted by Gasteiger charge is -2.33. The number of halogens is 2. The van der Waals surface area contributed by atoms with Gasteiger partial charge in [0.2, 0.25) is 11.8 Å². The van der Waals surface area contributed by atoms with Crippen molar-refractivity contribution in [1.82, 2.24) is 9.80 Å². The van der Waals surface area contributed by atoms with Gasteiger partial charge < -0.3 is 9.80 Å². The predicted octanol–water partition coefficient (Wildman–Crippen LogP) is 8.74. The maximum atomic E-state index is 12.0. The Balaban J connectivity index is 0.000000168. The molecule has 0 saturated heterocycles. The van der Waals surface area contributed by atoms with Crippen LogP contribution in [-0.4, -0.2) is 34.7 Å². The van der Waals surface area contributed by atoms with E-state index in [1.807, 2.05) is 46.2 Å². The van der Waals surface area contributed by atoms with E-state index in [1.54, 1.807) is 22.7 Å². The summed E-state index contributed by atoms with van der Waals surface area (Å²) in [6.45, 7) is 14.0. The van der Waals surface area contributed by atoms with Crippen molar-refractivity contribution in [2.24, 2.45) is 0 Å². The lowest BCUT2D eigenvalue weighted by Crippen LogP contribution is -2.37. The summed E-state index contributed by atoms with van der Waals surface area (Å²) in [5, 5.41) is 0. The van der Waals surface area contributed by atoms with Gasteiger partial charge in [0.15, 0.2) is 0 Å². The molecule has 6 rings (SSSR count). The molecule has 0 fully saturated rings. The Kier molecular flexibility index (Phi) is 9.38. The van der Waals surface area contributed by atoms with Crippen LogP contribution in [0.15, 0.2) is 86.0 Å². The molecule has 2 aromatic carbocycles. The molecule has 8 heteroatoms. The molecule has 4 nitrogen and oxygen atoms in total. The molecule has 2 aromatic heterocycles. The molecule has 0 bridgehead atoms. The van der Waals surface area contributed by atoms with Crippen LogP contribution in [0, 0.1) is 13.8 Å². The van der Waals surface area contributed by atoms with Crippen molar-refractivity contribution in [3.05, 3.63) is 138 Å². The van der Waals surface area contributed by atoms with Crippen molar-refractivity contribution < 1.29 is 9.59 Å². The molecule has 0 aliphatic carbocycles. The number of nitrogens with zero attached hydrogens (tertiary/aromatic N) is 2. The normalized spacial score (nSPS) is 17.4. The summed E-state index contributed by atoms with van der Waals surface area (Å²) in [6, 6.07) is 20.6. The molecule has 0 N–H and O–H groups in total. The van der Waals surface area contributed by atoms with E-state index >= 15 is 0 Å². The lowest BCUT2D eigenvalue weighted by atomic mass is 9.88. The summed E-state index contributed by atoms with van der Waals surface area (Å²) in [7, 11) is 0. The van der Waals surface area contributed by atoms with E-state index in [4.69, 9.17) is 23.2 Å². The minimum Gasteiger partial charge on any atom is -0.334 e. The van der Waals surface area contributed by atoms with E-state index in [0.717, 1.165) is 19.8 Å². The van der Waals surface area contributed by atoms with Crippen LogP contribution in [-0.2, 0) is 22.7 Å². The topological polar surface area (TPSA) is 40.6 Å². The highest BCUT2D eigenvalue weighted by Gasteiger charge is 2.32. The van der Waals surface area contributed by atoms with Crippen LogP contribution in [0.4, 0.5) is 0 Å². The lowest BCUT2D eigenvalue weighted by molar-refractivity contribution is -0.127. The fraction of sp³-hybridized carbons (Fsp3) is 0.235. The van der Waals surface area contributed by atoms with E-state index < -0.39 is 0 Å². The molecule has 2 atom stereocenters. The van der Waals surface area contributed by atoms with Gasteiger partial charge in [-0.15, -0.1) is 22.7 Å². The molecule has 4 aromatic rings. The highest BCUT2D eigenvalue weighted by atomic mass is 35.5. The third-order valence-electron chi connectivity index (χ3n) is 7.88. The molecule has 0 unspecified atom stereocenters. The van der Waals surface area contributed by atoms with E-state index in [-0.39, 0.29) is 23.7 Å². The van der Waals surface area contributed by atoms with Gasteiger partial charge in [-0.05, 0) is 71.5 Å². The Bertz CT molecular complexity index is 1530. The zero-order valence-electron chi connectivity index (χ0n) is 23.6. The number of aryl methyl sites for hydroxylation is 2. The first-order valence-electron chi connectivity index (χ1n) is 13.7. The SMILES string of the molecule is C=CC(=O)N1Cc2cc(Cl)sc2[C@@H](c2ccccc2C)C1.C=CC(=O)N1Cc2cc(Cl)sc2[C@H](c2ccccc2C)C1. The van der Waals surface area contributed by atoms with Gasteiger partial charge in [0.05, 0.1) is 8.67 Å². The van der Waals surface area contributed by atoms with Gasteiger partial charge in [0, 0.05) is 47.8 Å². The number of thiophene rings is 2. The Hall–Kier alpha value is -3.16. The molecule has 0 saturated carbocycles. The number of carbonyl (C=O) groups excluding carboxylic acids is 2. The van der Waals surface area contributed by atoms with Crippen molar-refractivity contribution in [3.8, 4) is 0 Å². The average molecular weight is 636 g/mol. The van der Waals surface area contributed by atoms with Crippen LogP contribution in [0.3, 0.4) is 0 Å². The van der Waals surface area contributed by atoms with E-state index in [1.165, 1.54) is 44.2 Å². The van der Waals surface area contributed by atoms with Gasteiger partial charge in [0.1, 0.15) is 0 Å². The molecule has 2 aliphatic rings. The maximum absolute atomic E-state index is 12.0. The van der Waals surface area contributed by atoms with Crippen molar-refractivity contribution in [3.63, 3.8) is 0 Å². The van der Waals surface area contributed by atoms with E-state index in [9.17, 15) is 9.59 Å². The van der Waals surface area contributed by atoms with E-state index in [2.05, 4.69) is 51.3 Å². The minimum atomic E-state index is -0.0263. The van der Waals surface area contributed by atoms with Crippen LogP contribution in [0.25, 0.3) is 0 Å². The Labute approximate surface area is 265 Å². The highest BCUT2D eigenvalue weighted by molar-refractivity contribution is 7.16. The van der Waals surface area contributed by atoms with Crippen LogP contribution >= 0.6 is 45.9 Å². The summed E-state index contributed by atoms with van der Waals surface area (Å²) < 4.78 is 1.57. The summed E-state index contributed by atoms with van der Waals surface area (Å²) in [5.41, 5.74) is 7.31. The summed E-state index contributed by atoms with van der Waals surface area (Å²) >= 11 is 15.6. The number of hydrogen-bond acceptors (Lipinski definition) is 4. The Morgan fingerprint density at radius 3 is 1.48 bits per heavy atom.